The van der Waals surface area contributed by atoms with Crippen LogP contribution in [0.3, 0.4) is 0 Å². The van der Waals surface area contributed by atoms with Crippen LogP contribution in [0.25, 0.3) is 11.0 Å². The molecule has 1 heterocycles. The van der Waals surface area contributed by atoms with Crippen molar-refractivity contribution in [2.75, 3.05) is 5.73 Å². The molecule has 0 aliphatic heterocycles. The largest absolute Gasteiger partial charge is 0.398 e. The number of aromatic amines is 1. The zero-order chi connectivity index (χ0) is 8.72. The molecule has 0 atom stereocenters. The first-order chi connectivity index (χ1) is 5.66. The van der Waals surface area contributed by atoms with Crippen molar-refractivity contribution in [2.45, 2.75) is 0 Å². The number of nitrogens with zero attached hydrogens (tertiary/aromatic N) is 1. The topological polar surface area (TPSA) is 54.7 Å². The molecular formula is C7H5ClIN3. The van der Waals surface area contributed by atoms with Gasteiger partial charge in [-0.3, -0.25) is 0 Å². The number of aromatic nitrogens is 2. The van der Waals surface area contributed by atoms with Gasteiger partial charge in [0.1, 0.15) is 0 Å². The molecule has 2 rings (SSSR count). The summed E-state index contributed by atoms with van der Waals surface area (Å²) in [7, 11) is 0. The summed E-state index contributed by atoms with van der Waals surface area (Å²) in [5, 5.41) is 0.395. The van der Waals surface area contributed by atoms with Crippen LogP contribution in [-0.4, -0.2) is 9.97 Å². The van der Waals surface area contributed by atoms with Crippen LogP contribution in [0.1, 0.15) is 0 Å². The molecule has 5 heteroatoms. The van der Waals surface area contributed by atoms with E-state index in [1.807, 2.05) is 6.07 Å². The average Bonchev–Trinajstić information content (AvgIpc) is 2.30. The second-order valence-electron chi connectivity index (χ2n) is 2.42. The molecule has 3 N–H and O–H groups in total. The van der Waals surface area contributed by atoms with E-state index in [-0.39, 0.29) is 0 Å². The molecule has 12 heavy (non-hydrogen) atoms. The fourth-order valence-electron chi connectivity index (χ4n) is 1.02. The molecule has 0 spiro atoms. The molecule has 0 saturated heterocycles. The summed E-state index contributed by atoms with van der Waals surface area (Å²) >= 11 is 7.84. The van der Waals surface area contributed by atoms with Gasteiger partial charge in [-0.25, -0.2) is 4.98 Å². The van der Waals surface area contributed by atoms with Crippen LogP contribution in [0.5, 0.6) is 0 Å². The number of anilines is 1. The molecular weight excluding hydrogens is 288 g/mol. The third-order valence-electron chi connectivity index (χ3n) is 1.57. The van der Waals surface area contributed by atoms with Gasteiger partial charge in [0.25, 0.3) is 0 Å². The first-order valence-corrected chi connectivity index (χ1v) is 4.73. The van der Waals surface area contributed by atoms with Crippen LogP contribution in [-0.2, 0) is 0 Å². The van der Waals surface area contributed by atoms with Gasteiger partial charge in [-0.1, -0.05) is 0 Å². The average molecular weight is 293 g/mol. The summed E-state index contributed by atoms with van der Waals surface area (Å²) in [6.07, 6.45) is 0. The zero-order valence-corrected chi connectivity index (χ0v) is 8.85. The van der Waals surface area contributed by atoms with Gasteiger partial charge >= 0.3 is 0 Å². The fraction of sp³-hybridized carbons (Fsp3) is 0. The molecule has 2 aromatic rings. The predicted octanol–water partition coefficient (Wildman–Crippen LogP) is 2.40. The second-order valence-corrected chi connectivity index (χ2v) is 3.94. The molecule has 3 nitrogen and oxygen atoms in total. The lowest BCUT2D eigenvalue weighted by Crippen LogP contribution is -1.88. The Morgan fingerprint density at radius 1 is 1.50 bits per heavy atom. The minimum Gasteiger partial charge on any atom is -0.398 e. The number of nitrogen functional groups attached to an aromatic ring is 1. The summed E-state index contributed by atoms with van der Waals surface area (Å²) in [4.78, 5) is 6.96. The summed E-state index contributed by atoms with van der Waals surface area (Å²) in [5.41, 5.74) is 8.14. The molecule has 0 amide bonds. The Morgan fingerprint density at radius 3 is 3.00 bits per heavy atom. The van der Waals surface area contributed by atoms with Crippen LogP contribution in [0.2, 0.25) is 5.28 Å². The quantitative estimate of drug-likeness (QED) is 0.579. The number of hydrogen-bond donors (Lipinski definition) is 2. The maximum atomic E-state index is 5.69. The minimum absolute atomic E-state index is 0.395. The third-order valence-corrected chi connectivity index (χ3v) is 2.68. The van der Waals surface area contributed by atoms with E-state index in [0.717, 1.165) is 20.3 Å². The first-order valence-electron chi connectivity index (χ1n) is 3.27. The van der Waals surface area contributed by atoms with Crippen molar-refractivity contribution in [1.82, 2.24) is 9.97 Å². The predicted molar refractivity (Wildman–Crippen MR) is 58.2 cm³/mol. The Bertz CT molecular complexity index is 398. The number of rotatable bonds is 0. The Kier molecular flexibility index (Phi) is 1.88. The maximum Gasteiger partial charge on any atom is 0.201 e. The SMILES string of the molecule is Nc1cc2nc(Cl)[nH]c2cc1I. The highest BCUT2D eigenvalue weighted by Gasteiger charge is 2.03. The van der Waals surface area contributed by atoms with Gasteiger partial charge in [-0.2, -0.15) is 0 Å². The normalized spacial score (nSPS) is 10.8. The van der Waals surface area contributed by atoms with Crippen LogP contribution < -0.4 is 5.73 Å². The first kappa shape index (κ1) is 8.12. The molecule has 0 radical (unpaired) electrons. The van der Waals surface area contributed by atoms with Gasteiger partial charge in [-0.15, -0.1) is 0 Å². The lowest BCUT2D eigenvalue weighted by atomic mass is 10.3. The van der Waals surface area contributed by atoms with Crippen LogP contribution in [0, 0.1) is 3.57 Å². The number of fused-ring (bicyclic) bond motifs is 1. The Balaban J connectivity index is 2.83. The summed E-state index contributed by atoms with van der Waals surface area (Å²) in [5.74, 6) is 0. The molecule has 1 aromatic carbocycles. The van der Waals surface area contributed by atoms with Crippen LogP contribution in [0.4, 0.5) is 5.69 Å². The van der Waals surface area contributed by atoms with Crippen LogP contribution >= 0.6 is 34.2 Å². The van der Waals surface area contributed by atoms with Gasteiger partial charge in [0.15, 0.2) is 0 Å². The zero-order valence-electron chi connectivity index (χ0n) is 5.94. The van der Waals surface area contributed by atoms with E-state index < -0.39 is 0 Å². The highest BCUT2D eigenvalue weighted by atomic mass is 127. The lowest BCUT2D eigenvalue weighted by molar-refractivity contribution is 1.34. The highest BCUT2D eigenvalue weighted by Crippen LogP contribution is 2.22. The molecule has 0 saturated carbocycles. The van der Waals surface area contributed by atoms with Gasteiger partial charge in [0.05, 0.1) is 11.0 Å². The fourth-order valence-corrected chi connectivity index (χ4v) is 1.68. The van der Waals surface area contributed by atoms with Crippen LogP contribution in [0.15, 0.2) is 12.1 Å². The number of halogens is 2. The molecule has 0 unspecified atom stereocenters. The Hall–Kier alpha value is -0.490. The standard InChI is InChI=1S/C7H5ClIN3/c8-7-11-5-1-3(9)4(10)2-6(5)12-7/h1-2H,10H2,(H,11,12). The van der Waals surface area contributed by atoms with E-state index in [9.17, 15) is 0 Å². The lowest BCUT2D eigenvalue weighted by Gasteiger charge is -1.95. The van der Waals surface area contributed by atoms with Gasteiger partial charge < -0.3 is 10.7 Å². The summed E-state index contributed by atoms with van der Waals surface area (Å²) < 4.78 is 1.00. The highest BCUT2D eigenvalue weighted by molar-refractivity contribution is 14.1. The van der Waals surface area contributed by atoms with Crippen molar-refractivity contribution in [3.05, 3.63) is 21.0 Å². The Morgan fingerprint density at radius 2 is 2.25 bits per heavy atom. The van der Waals surface area contributed by atoms with E-state index in [4.69, 9.17) is 17.3 Å². The number of imidazole rings is 1. The van der Waals surface area contributed by atoms with E-state index in [1.54, 1.807) is 6.07 Å². The van der Waals surface area contributed by atoms with Gasteiger partial charge in [0.2, 0.25) is 5.28 Å². The van der Waals surface area contributed by atoms with Gasteiger partial charge in [-0.05, 0) is 46.3 Å². The molecule has 62 valence electrons. The maximum absolute atomic E-state index is 5.69. The molecule has 0 bridgehead atoms. The molecule has 0 fully saturated rings. The van der Waals surface area contributed by atoms with Crippen molar-refractivity contribution >= 4 is 50.9 Å². The molecule has 0 aliphatic rings. The van der Waals surface area contributed by atoms with Crippen molar-refractivity contribution in [2.24, 2.45) is 0 Å². The monoisotopic (exact) mass is 293 g/mol. The van der Waals surface area contributed by atoms with E-state index in [2.05, 4.69) is 32.6 Å². The Labute approximate surface area is 87.4 Å². The molecule has 1 aromatic heterocycles. The molecule has 0 aliphatic carbocycles. The minimum atomic E-state index is 0.395. The summed E-state index contributed by atoms with van der Waals surface area (Å²) in [6, 6.07) is 3.73. The number of hydrogen-bond acceptors (Lipinski definition) is 2. The van der Waals surface area contributed by atoms with Gasteiger partial charge in [0, 0.05) is 9.26 Å². The van der Waals surface area contributed by atoms with Crippen molar-refractivity contribution in [1.29, 1.82) is 0 Å². The summed E-state index contributed by atoms with van der Waals surface area (Å²) in [6.45, 7) is 0. The van der Waals surface area contributed by atoms with E-state index in [1.165, 1.54) is 0 Å². The number of benzene rings is 1. The smallest absolute Gasteiger partial charge is 0.201 e. The number of nitrogens with one attached hydrogen (secondary N) is 1. The van der Waals surface area contributed by atoms with Crippen molar-refractivity contribution in [3.63, 3.8) is 0 Å². The number of H-pyrrole nitrogens is 1. The van der Waals surface area contributed by atoms with E-state index in [0.29, 0.717) is 5.28 Å². The van der Waals surface area contributed by atoms with Crippen molar-refractivity contribution < 1.29 is 0 Å². The van der Waals surface area contributed by atoms with E-state index >= 15 is 0 Å². The van der Waals surface area contributed by atoms with Crippen molar-refractivity contribution in [3.8, 4) is 0 Å². The second kappa shape index (κ2) is 2.77. The number of nitrogens with two attached hydrogens (primary N) is 1. The third kappa shape index (κ3) is 1.25.